The van der Waals surface area contributed by atoms with E-state index in [4.69, 9.17) is 9.47 Å². The number of methoxy groups -OCH3 is 2. The van der Waals surface area contributed by atoms with Crippen LogP contribution in [0.1, 0.15) is 29.3 Å². The molecule has 2 aromatic carbocycles. The van der Waals surface area contributed by atoms with Gasteiger partial charge in [-0.3, -0.25) is 14.2 Å². The largest absolute Gasteiger partial charge is 0.493 e. The van der Waals surface area contributed by atoms with Crippen LogP contribution >= 0.6 is 11.8 Å². The van der Waals surface area contributed by atoms with Gasteiger partial charge in [0.2, 0.25) is 5.91 Å². The normalized spacial score (nSPS) is 11.7. The number of carbonyl (C=O) groups is 1. The van der Waals surface area contributed by atoms with Crippen molar-refractivity contribution >= 4 is 17.7 Å². The highest BCUT2D eigenvalue weighted by molar-refractivity contribution is 8.00. The summed E-state index contributed by atoms with van der Waals surface area (Å²) in [7, 11) is 4.82. The standard InChI is InChI=1S/C26H30FN3O4S/c1-16-21(14-18-6-9-20(27)10-7-18)25(32)30(3)26(29-16)35-17(2)24(31)28-13-12-19-8-11-22(33-4)23(15-19)34-5/h6-11,15,17H,12-14H2,1-5H3,(H,28,31). The lowest BCUT2D eigenvalue weighted by Crippen LogP contribution is -2.33. The molecule has 7 nitrogen and oxygen atoms in total. The van der Waals surface area contributed by atoms with Crippen LogP contribution in [0.15, 0.2) is 52.4 Å². The maximum atomic E-state index is 13.2. The Hall–Kier alpha value is -3.33. The van der Waals surface area contributed by atoms with Crippen LogP contribution in [-0.4, -0.2) is 41.5 Å². The van der Waals surface area contributed by atoms with Crippen LogP contribution in [0, 0.1) is 12.7 Å². The number of ether oxygens (including phenoxy) is 2. The fourth-order valence-electron chi connectivity index (χ4n) is 3.57. The molecule has 0 saturated heterocycles. The summed E-state index contributed by atoms with van der Waals surface area (Å²) in [5.74, 6) is 0.838. The molecular formula is C26H30FN3O4S. The molecule has 0 aliphatic heterocycles. The van der Waals surface area contributed by atoms with Crippen molar-refractivity contribution in [2.75, 3.05) is 20.8 Å². The average Bonchev–Trinajstić information content (AvgIpc) is 2.85. The van der Waals surface area contributed by atoms with Gasteiger partial charge in [0.15, 0.2) is 16.7 Å². The summed E-state index contributed by atoms with van der Waals surface area (Å²) in [5, 5.41) is 2.96. The molecule has 9 heteroatoms. The van der Waals surface area contributed by atoms with Crippen LogP contribution in [-0.2, 0) is 24.7 Å². The highest BCUT2D eigenvalue weighted by Gasteiger charge is 2.19. The van der Waals surface area contributed by atoms with Gasteiger partial charge < -0.3 is 14.8 Å². The lowest BCUT2D eigenvalue weighted by Gasteiger charge is -2.16. The van der Waals surface area contributed by atoms with Crippen molar-refractivity contribution in [3.8, 4) is 11.5 Å². The van der Waals surface area contributed by atoms with Crippen LogP contribution < -0.4 is 20.3 Å². The van der Waals surface area contributed by atoms with Gasteiger partial charge in [0.05, 0.1) is 19.5 Å². The first-order valence-electron chi connectivity index (χ1n) is 11.2. The number of nitrogens with one attached hydrogen (secondary N) is 1. The van der Waals surface area contributed by atoms with Gasteiger partial charge in [-0.25, -0.2) is 9.37 Å². The molecule has 1 heterocycles. The van der Waals surface area contributed by atoms with Gasteiger partial charge in [0, 0.05) is 31.3 Å². The van der Waals surface area contributed by atoms with Crippen LogP contribution in [0.2, 0.25) is 0 Å². The lowest BCUT2D eigenvalue weighted by atomic mass is 10.1. The zero-order chi connectivity index (χ0) is 25.5. The summed E-state index contributed by atoms with van der Waals surface area (Å²) >= 11 is 1.23. The van der Waals surface area contributed by atoms with E-state index in [-0.39, 0.29) is 17.3 Å². The third-order valence-corrected chi connectivity index (χ3v) is 6.80. The van der Waals surface area contributed by atoms with Crippen LogP contribution in [0.5, 0.6) is 11.5 Å². The van der Waals surface area contributed by atoms with E-state index in [1.807, 2.05) is 18.2 Å². The number of carbonyl (C=O) groups excluding carboxylic acids is 1. The molecule has 186 valence electrons. The monoisotopic (exact) mass is 499 g/mol. The summed E-state index contributed by atoms with van der Waals surface area (Å²) in [6.07, 6.45) is 1.00. The van der Waals surface area contributed by atoms with Crippen molar-refractivity contribution in [1.82, 2.24) is 14.9 Å². The predicted molar refractivity (Wildman–Crippen MR) is 135 cm³/mol. The third kappa shape index (κ3) is 6.63. The van der Waals surface area contributed by atoms with Crippen LogP contribution in [0.4, 0.5) is 4.39 Å². The zero-order valence-corrected chi connectivity index (χ0v) is 21.4. The van der Waals surface area contributed by atoms with Gasteiger partial charge in [-0.1, -0.05) is 30.0 Å². The maximum Gasteiger partial charge on any atom is 0.257 e. The molecule has 1 atom stereocenters. The molecule has 0 aliphatic carbocycles. The molecule has 1 unspecified atom stereocenters. The number of thioether (sulfide) groups is 1. The second-order valence-electron chi connectivity index (χ2n) is 8.12. The Bertz CT molecular complexity index is 1240. The van der Waals surface area contributed by atoms with E-state index < -0.39 is 5.25 Å². The number of hydrogen-bond acceptors (Lipinski definition) is 6. The van der Waals surface area contributed by atoms with E-state index in [0.29, 0.717) is 47.3 Å². The Kier molecular flexibility index (Phi) is 8.92. The fraction of sp³-hybridized carbons (Fsp3) is 0.346. The number of rotatable bonds is 10. The number of aryl methyl sites for hydroxylation is 1. The quantitative estimate of drug-likeness (QED) is 0.339. The first kappa shape index (κ1) is 26.3. The van der Waals surface area contributed by atoms with Crippen molar-refractivity contribution in [3.05, 3.63) is 81.0 Å². The van der Waals surface area contributed by atoms with Crippen molar-refractivity contribution in [3.63, 3.8) is 0 Å². The number of aromatic nitrogens is 2. The lowest BCUT2D eigenvalue weighted by molar-refractivity contribution is -0.120. The molecule has 0 fully saturated rings. The molecule has 0 aliphatic rings. The molecular weight excluding hydrogens is 469 g/mol. The number of amides is 1. The first-order chi connectivity index (χ1) is 16.7. The van der Waals surface area contributed by atoms with Gasteiger partial charge in [-0.05, 0) is 55.7 Å². The zero-order valence-electron chi connectivity index (χ0n) is 20.6. The molecule has 35 heavy (non-hydrogen) atoms. The van der Waals surface area contributed by atoms with E-state index in [0.717, 1.165) is 11.1 Å². The molecule has 3 aromatic rings. The van der Waals surface area contributed by atoms with E-state index >= 15 is 0 Å². The van der Waals surface area contributed by atoms with Gasteiger partial charge in [-0.2, -0.15) is 0 Å². The van der Waals surface area contributed by atoms with Crippen molar-refractivity contribution in [2.24, 2.45) is 7.05 Å². The van der Waals surface area contributed by atoms with Crippen LogP contribution in [0.25, 0.3) is 0 Å². The van der Waals surface area contributed by atoms with E-state index in [1.165, 1.54) is 28.5 Å². The summed E-state index contributed by atoms with van der Waals surface area (Å²) in [4.78, 5) is 30.2. The Morgan fingerprint density at radius 2 is 1.77 bits per heavy atom. The molecule has 0 radical (unpaired) electrons. The van der Waals surface area contributed by atoms with E-state index in [9.17, 15) is 14.0 Å². The van der Waals surface area contributed by atoms with Gasteiger partial charge in [-0.15, -0.1) is 0 Å². The number of halogens is 1. The van der Waals surface area contributed by atoms with Crippen molar-refractivity contribution < 1.29 is 18.7 Å². The summed E-state index contributed by atoms with van der Waals surface area (Å²) in [6.45, 7) is 4.02. The smallest absolute Gasteiger partial charge is 0.257 e. The first-order valence-corrected chi connectivity index (χ1v) is 12.1. The highest BCUT2D eigenvalue weighted by atomic mass is 32.2. The van der Waals surface area contributed by atoms with Crippen molar-refractivity contribution in [2.45, 2.75) is 37.1 Å². The average molecular weight is 500 g/mol. The molecule has 0 bridgehead atoms. The maximum absolute atomic E-state index is 13.2. The summed E-state index contributed by atoms with van der Waals surface area (Å²) in [5.41, 5.74) is 2.82. The van der Waals surface area contributed by atoms with Crippen molar-refractivity contribution in [1.29, 1.82) is 0 Å². The third-order valence-electron chi connectivity index (χ3n) is 5.66. The Morgan fingerprint density at radius 3 is 2.43 bits per heavy atom. The molecule has 0 spiro atoms. The summed E-state index contributed by atoms with van der Waals surface area (Å²) in [6, 6.07) is 11.7. The minimum absolute atomic E-state index is 0.141. The molecule has 3 rings (SSSR count). The number of benzene rings is 2. The second-order valence-corrected chi connectivity index (χ2v) is 9.42. The highest BCUT2D eigenvalue weighted by Crippen LogP contribution is 2.27. The molecule has 0 saturated carbocycles. The fourth-order valence-corrected chi connectivity index (χ4v) is 4.50. The minimum Gasteiger partial charge on any atom is -0.493 e. The van der Waals surface area contributed by atoms with Gasteiger partial charge >= 0.3 is 0 Å². The second kappa shape index (κ2) is 11.9. The van der Waals surface area contributed by atoms with E-state index in [2.05, 4.69) is 10.3 Å². The molecule has 1 amide bonds. The Morgan fingerprint density at radius 1 is 1.11 bits per heavy atom. The molecule has 1 N–H and O–H groups in total. The Labute approximate surface area is 208 Å². The molecule has 1 aromatic heterocycles. The van der Waals surface area contributed by atoms with Gasteiger partial charge in [0.1, 0.15) is 5.82 Å². The SMILES string of the molecule is COc1ccc(CCNC(=O)C(C)Sc2nc(C)c(Cc3ccc(F)cc3)c(=O)n2C)cc1OC. The Balaban J connectivity index is 1.61. The predicted octanol–water partition coefficient (Wildman–Crippen LogP) is 3.68. The topological polar surface area (TPSA) is 82.5 Å². The number of hydrogen-bond donors (Lipinski definition) is 1. The van der Waals surface area contributed by atoms with Gasteiger partial charge in [0.25, 0.3) is 5.56 Å². The van der Waals surface area contributed by atoms with Crippen LogP contribution in [0.3, 0.4) is 0 Å². The number of nitrogens with zero attached hydrogens (tertiary/aromatic N) is 2. The minimum atomic E-state index is -0.444. The van der Waals surface area contributed by atoms with E-state index in [1.54, 1.807) is 47.2 Å². The summed E-state index contributed by atoms with van der Waals surface area (Å²) < 4.78 is 25.2.